The fourth-order valence-corrected chi connectivity index (χ4v) is 5.64. The van der Waals surface area contributed by atoms with Gasteiger partial charge in [-0.3, -0.25) is 20.4 Å². The number of nitrogens with two attached hydrogens (primary N) is 1. The predicted octanol–water partition coefficient (Wildman–Crippen LogP) is 1.61. The van der Waals surface area contributed by atoms with E-state index in [9.17, 15) is 24.3 Å². The van der Waals surface area contributed by atoms with E-state index in [2.05, 4.69) is 41.1 Å². The van der Waals surface area contributed by atoms with E-state index in [1.54, 1.807) is 25.4 Å². The lowest BCUT2D eigenvalue weighted by atomic mass is 10.1. The van der Waals surface area contributed by atoms with Gasteiger partial charge in [0.1, 0.15) is 17.7 Å². The summed E-state index contributed by atoms with van der Waals surface area (Å²) in [6.45, 7) is 0.426. The van der Waals surface area contributed by atoms with Crippen molar-refractivity contribution in [3.8, 4) is 0 Å². The van der Waals surface area contributed by atoms with E-state index in [-0.39, 0.29) is 47.6 Å². The van der Waals surface area contributed by atoms with Crippen LogP contribution in [-0.2, 0) is 20.9 Å². The van der Waals surface area contributed by atoms with Gasteiger partial charge in [-0.05, 0) is 53.6 Å². The van der Waals surface area contributed by atoms with Gasteiger partial charge >= 0.3 is 12.1 Å². The van der Waals surface area contributed by atoms with Crippen molar-refractivity contribution in [2.45, 2.75) is 30.5 Å². The Morgan fingerprint density at radius 2 is 1.89 bits per heavy atom. The van der Waals surface area contributed by atoms with Crippen LogP contribution in [0.1, 0.15) is 28.9 Å². The second-order valence-electron chi connectivity index (χ2n) is 9.72. The molecule has 0 saturated carbocycles. The molecule has 3 heterocycles. The zero-order chi connectivity index (χ0) is 33.8. The van der Waals surface area contributed by atoms with E-state index in [0.717, 1.165) is 10.7 Å². The van der Waals surface area contributed by atoms with Crippen molar-refractivity contribution < 1.29 is 29.0 Å². The van der Waals surface area contributed by atoms with Gasteiger partial charge in [-0.25, -0.2) is 30.0 Å². The Labute approximate surface area is 275 Å². The number of amides is 3. The molecule has 1 aromatic carbocycles. The Morgan fingerprint density at radius 3 is 2.62 bits per heavy atom. The second kappa shape index (κ2) is 16.8. The van der Waals surface area contributed by atoms with Crippen molar-refractivity contribution in [3.63, 3.8) is 0 Å². The van der Waals surface area contributed by atoms with E-state index < -0.39 is 29.9 Å². The maximum atomic E-state index is 12.8. The Bertz CT molecular complexity index is 1780. The molecule has 1 atom stereocenters. The maximum Gasteiger partial charge on any atom is 0.426 e. The first-order valence-corrected chi connectivity index (χ1v) is 16.2. The van der Waals surface area contributed by atoms with Gasteiger partial charge < -0.3 is 30.8 Å². The number of nitrogens with zero attached hydrogens (tertiary/aromatic N) is 5. The largest absolute Gasteiger partial charge is 0.480 e. The number of hydrogen-bond donors (Lipinski definition) is 7. The van der Waals surface area contributed by atoms with Gasteiger partial charge in [0.2, 0.25) is 11.9 Å². The Morgan fingerprint density at radius 1 is 1.11 bits per heavy atom. The Balaban J connectivity index is 1.18. The molecule has 0 bridgehead atoms. The van der Waals surface area contributed by atoms with E-state index in [0.29, 0.717) is 18.0 Å². The minimum Gasteiger partial charge on any atom is -0.480 e. The summed E-state index contributed by atoms with van der Waals surface area (Å²) in [6.07, 6.45) is 1.83. The molecule has 0 radical (unpaired) electrons. The average Bonchev–Trinajstić information content (AvgIpc) is 3.06. The number of rotatable bonds is 14. The first-order valence-electron chi connectivity index (χ1n) is 13.9. The van der Waals surface area contributed by atoms with Crippen LogP contribution < -0.4 is 32.3 Å². The van der Waals surface area contributed by atoms with Crippen molar-refractivity contribution in [2.24, 2.45) is 0 Å². The lowest BCUT2D eigenvalue weighted by molar-refractivity contribution is -0.139. The highest BCUT2D eigenvalue weighted by Gasteiger charge is 2.22. The van der Waals surface area contributed by atoms with E-state index in [4.69, 9.17) is 15.9 Å². The van der Waals surface area contributed by atoms with Crippen molar-refractivity contribution >= 4 is 68.3 Å². The summed E-state index contributed by atoms with van der Waals surface area (Å²) >= 11 is 0. The third-order valence-corrected chi connectivity index (χ3v) is 8.47. The van der Waals surface area contributed by atoms with Crippen LogP contribution >= 0.6 is 21.6 Å². The molecular weight excluding hydrogens is 651 g/mol. The highest BCUT2D eigenvalue weighted by Crippen LogP contribution is 2.28. The Kier molecular flexibility index (Phi) is 12.3. The molecule has 0 fully saturated rings. The van der Waals surface area contributed by atoms with Gasteiger partial charge in [0, 0.05) is 36.7 Å². The molecule has 246 valence electrons. The van der Waals surface area contributed by atoms with E-state index >= 15 is 0 Å². The normalized spacial score (nSPS) is 11.3. The summed E-state index contributed by atoms with van der Waals surface area (Å²) < 4.78 is 4.98. The van der Waals surface area contributed by atoms with Crippen LogP contribution in [0.5, 0.6) is 0 Å². The second-order valence-corrected chi connectivity index (χ2v) is 12.2. The number of aromatic amines is 1. The van der Waals surface area contributed by atoms with Crippen LogP contribution in [0.25, 0.3) is 11.2 Å². The predicted molar refractivity (Wildman–Crippen MR) is 174 cm³/mol. The standard InChI is InChI=1S/C28H31N11O6S2/c1-39(15-17-14-32-24-22(33-17)23(29)35-27(30)36-24)18-7-5-16(6-8-18)25(41)34-19(26(42)43)9-10-20(40)37-38-28(44)45-12-13-46-47-21-4-2-3-11-31-21/h2-8,11,14,19H,9-10,12-13,15H2,1H3,(H,34,41)(H,37,40)(H,38,44)(H,42,43)(H4,29,30,32,35,36)/t19-/m0/s1. The third kappa shape index (κ3) is 10.6. The molecule has 19 heteroatoms. The summed E-state index contributed by atoms with van der Waals surface area (Å²) in [7, 11) is 4.69. The highest BCUT2D eigenvalue weighted by atomic mass is 33.1. The van der Waals surface area contributed by atoms with Crippen molar-refractivity contribution in [1.82, 2.24) is 41.1 Å². The number of ether oxygens (including phenoxy) is 1. The van der Waals surface area contributed by atoms with Crippen LogP contribution in [0, 0.1) is 5.41 Å². The van der Waals surface area contributed by atoms with Crippen LogP contribution in [-0.4, -0.2) is 79.4 Å². The number of carbonyl (C=O) groups is 4. The minimum atomic E-state index is -1.35. The minimum absolute atomic E-state index is 0.00476. The Hall–Kier alpha value is -5.43. The van der Waals surface area contributed by atoms with Crippen LogP contribution in [0.15, 0.2) is 59.9 Å². The fraction of sp³-hybridized carbons (Fsp3) is 0.250. The highest BCUT2D eigenvalue weighted by molar-refractivity contribution is 8.76. The van der Waals surface area contributed by atoms with Crippen molar-refractivity contribution in [1.29, 1.82) is 5.41 Å². The first kappa shape index (κ1) is 34.4. The summed E-state index contributed by atoms with van der Waals surface area (Å²) in [5.74, 6) is -2.07. The lowest BCUT2D eigenvalue weighted by Gasteiger charge is -2.19. The number of fused-ring (bicyclic) bond motifs is 1. The molecule has 47 heavy (non-hydrogen) atoms. The zero-order valence-electron chi connectivity index (χ0n) is 24.9. The topological polar surface area (TPSA) is 254 Å². The number of hydrogen-bond acceptors (Lipinski definition) is 14. The number of carboxylic acid groups (broad SMARTS) is 1. The SMILES string of the molecule is CN(Cc1cnc2nc(N)[nH]c(=N)c2n1)c1ccc(C(=O)N[C@@H](CCC(=O)NNC(=O)OCCSSc2ccccn2)C(=O)O)cc1. The number of nitrogens with one attached hydrogen (secondary N) is 5. The number of carbonyl (C=O) groups excluding carboxylic acids is 3. The van der Waals surface area contributed by atoms with Crippen LogP contribution in [0.4, 0.5) is 16.4 Å². The first-order chi connectivity index (χ1) is 22.6. The molecule has 0 unspecified atom stereocenters. The average molecular weight is 682 g/mol. The van der Waals surface area contributed by atoms with Gasteiger partial charge in [-0.1, -0.05) is 16.9 Å². The third-order valence-electron chi connectivity index (χ3n) is 6.24. The molecule has 3 aromatic heterocycles. The number of anilines is 2. The van der Waals surface area contributed by atoms with Crippen molar-refractivity contribution in [2.75, 3.05) is 30.0 Å². The van der Waals surface area contributed by atoms with Gasteiger partial charge in [0.05, 0.1) is 18.4 Å². The van der Waals surface area contributed by atoms with E-state index in [1.165, 1.54) is 39.9 Å². The molecule has 0 aliphatic heterocycles. The molecular formula is C28H31N11O6S2. The molecule has 0 aliphatic carbocycles. The maximum absolute atomic E-state index is 12.8. The van der Waals surface area contributed by atoms with Gasteiger partial charge in [0.25, 0.3) is 5.91 Å². The summed E-state index contributed by atoms with van der Waals surface area (Å²) in [5.41, 5.74) is 11.9. The van der Waals surface area contributed by atoms with Gasteiger partial charge in [0.15, 0.2) is 16.7 Å². The molecule has 4 aromatic rings. The van der Waals surface area contributed by atoms with E-state index in [1.807, 2.05) is 23.1 Å². The number of hydrazine groups is 1. The molecule has 17 nitrogen and oxygen atoms in total. The number of H-pyrrole nitrogens is 1. The number of benzene rings is 1. The fourth-order valence-electron chi connectivity index (χ4n) is 3.94. The molecule has 0 aliphatic rings. The summed E-state index contributed by atoms with van der Waals surface area (Å²) in [6, 6.07) is 10.6. The van der Waals surface area contributed by atoms with Gasteiger partial charge in [-0.15, -0.1) is 0 Å². The number of pyridine rings is 1. The number of carboxylic acids is 1. The summed E-state index contributed by atoms with van der Waals surface area (Å²) in [4.78, 5) is 69.8. The molecule has 8 N–H and O–H groups in total. The zero-order valence-corrected chi connectivity index (χ0v) is 26.6. The van der Waals surface area contributed by atoms with Gasteiger partial charge in [-0.2, -0.15) is 4.98 Å². The number of aliphatic carboxylic acids is 1. The molecule has 3 amide bonds. The lowest BCUT2D eigenvalue weighted by Crippen LogP contribution is -2.44. The number of aromatic nitrogens is 5. The van der Waals surface area contributed by atoms with Crippen LogP contribution in [0.3, 0.4) is 0 Å². The molecule has 0 spiro atoms. The molecule has 4 rings (SSSR count). The quantitative estimate of drug-likeness (QED) is 0.0567. The van der Waals surface area contributed by atoms with Crippen LogP contribution in [0.2, 0.25) is 0 Å². The smallest absolute Gasteiger partial charge is 0.426 e. The number of nitrogen functional groups attached to an aromatic ring is 1. The van der Waals surface area contributed by atoms with Crippen molar-refractivity contribution in [3.05, 3.63) is 71.6 Å². The summed E-state index contributed by atoms with van der Waals surface area (Å²) in [5, 5.41) is 20.8. The monoisotopic (exact) mass is 681 g/mol. The molecule has 0 saturated heterocycles.